The number of anilines is 5. The second kappa shape index (κ2) is 29.6. The molecule has 540 valence electrons. The summed E-state index contributed by atoms with van der Waals surface area (Å²) in [6.07, 6.45) is 4.48. The third-order valence-corrected chi connectivity index (χ3v) is 21.9. The Morgan fingerprint density at radius 1 is 0.467 bits per heavy atom. The highest BCUT2D eigenvalue weighted by Crippen LogP contribution is 2.51. The van der Waals surface area contributed by atoms with Gasteiger partial charge in [-0.2, -0.15) is 5.10 Å². The number of nitrogens with one attached hydrogen (secondary N) is 4. The van der Waals surface area contributed by atoms with Crippen LogP contribution in [0.5, 0.6) is 0 Å². The molecular weight excluding hydrogens is 1550 g/mol. The lowest BCUT2D eigenvalue weighted by Gasteiger charge is -2.33. The first-order valence-electron chi connectivity index (χ1n) is 31.7. The van der Waals surface area contributed by atoms with Crippen LogP contribution in [0.3, 0.4) is 0 Å². The molecule has 105 heavy (non-hydrogen) atoms. The maximum atomic E-state index is 14.2. The fourth-order valence-electron chi connectivity index (χ4n) is 12.6. The summed E-state index contributed by atoms with van der Waals surface area (Å²) in [5.74, 6) is -5.16. The van der Waals surface area contributed by atoms with Crippen LogP contribution < -0.4 is 31.3 Å². The van der Waals surface area contributed by atoms with Crippen LogP contribution in [-0.4, -0.2) is 98.5 Å². The number of hydrogen-bond donors (Lipinski definition) is 9. The van der Waals surface area contributed by atoms with Gasteiger partial charge in [0.15, 0.2) is 45.5 Å². The van der Waals surface area contributed by atoms with Crippen molar-refractivity contribution in [2.45, 2.75) is 78.2 Å². The van der Waals surface area contributed by atoms with Crippen molar-refractivity contribution in [3.05, 3.63) is 254 Å². The number of rotatable bonds is 16. The topological polar surface area (TPSA) is 347 Å². The van der Waals surface area contributed by atoms with Crippen molar-refractivity contribution in [1.82, 2.24) is 9.78 Å². The van der Waals surface area contributed by atoms with Gasteiger partial charge in [0.25, 0.3) is 23.6 Å². The number of nitrogens with two attached hydrogens (primary N) is 1. The number of aliphatic hydroxyl groups is 4. The molecule has 10 N–H and O–H groups in total. The molecule has 0 spiro atoms. The number of halogens is 9. The van der Waals surface area contributed by atoms with Gasteiger partial charge in [0.2, 0.25) is 10.0 Å². The molecule has 32 heteroatoms. The minimum absolute atomic E-state index is 0.0335. The van der Waals surface area contributed by atoms with Crippen LogP contribution in [0.4, 0.5) is 32.8 Å². The van der Waals surface area contributed by atoms with E-state index in [9.17, 15) is 71.6 Å². The van der Waals surface area contributed by atoms with E-state index < -0.39 is 105 Å². The number of fused-ring (bicyclic) bond motifs is 4. The zero-order valence-corrected chi connectivity index (χ0v) is 60.9. The summed E-state index contributed by atoms with van der Waals surface area (Å²) in [6.45, 7) is 2.03. The summed E-state index contributed by atoms with van der Waals surface area (Å²) >= 11 is 48.8. The molecule has 4 atom stereocenters. The van der Waals surface area contributed by atoms with Crippen molar-refractivity contribution in [3.8, 4) is 5.69 Å². The Balaban J connectivity index is 0.000000131. The zero-order chi connectivity index (χ0) is 75.6. The molecule has 1 saturated carbocycles. The van der Waals surface area contributed by atoms with Gasteiger partial charge in [-0.15, -0.1) is 0 Å². The van der Waals surface area contributed by atoms with Gasteiger partial charge in [0.05, 0.1) is 79.1 Å². The van der Waals surface area contributed by atoms with Crippen LogP contribution in [0.15, 0.2) is 163 Å². The number of hydrogen-bond acceptors (Lipinski definition) is 16. The highest BCUT2D eigenvalue weighted by atomic mass is 35.5. The van der Waals surface area contributed by atoms with Gasteiger partial charge in [0, 0.05) is 95.8 Å². The van der Waals surface area contributed by atoms with Crippen molar-refractivity contribution in [2.24, 2.45) is 5.14 Å². The molecule has 1 aromatic heterocycles. The number of nitrogens with zero attached hydrogens (tertiary/aromatic N) is 3. The summed E-state index contributed by atoms with van der Waals surface area (Å²) in [5, 5.41) is 64.2. The summed E-state index contributed by atoms with van der Waals surface area (Å²) in [7, 11) is -3.90. The van der Waals surface area contributed by atoms with Crippen LogP contribution in [0.1, 0.15) is 120 Å². The Morgan fingerprint density at radius 2 is 0.781 bits per heavy atom. The SMILES string of the molecule is NS(=O)(=O)c1ccc(C(=O)C[C@]2(O)C(=O)Nc3c(Cl)ccc(Cl)c32)cc1.O=C(C[C@]1(O)C(=O)Nc2c(Cl)ccc(Cl)c21)c1ccc(-n2cccn2)cc1.O=C(C[C@]1(O)C(=O)Nc2c(Cl)ccc(Cl)c21)c1ccc(C2CC2)c(F)c1.O=C(C[C@]1(O)C(=O)Nc2c(Cl)ccc(Cl)c21)c1ccc(N2CCC2)cc1. The lowest BCUT2D eigenvalue weighted by Crippen LogP contribution is -2.37. The lowest BCUT2D eigenvalue weighted by atomic mass is 9.87. The molecule has 4 amide bonds. The summed E-state index contributed by atoms with van der Waals surface area (Å²) < 4.78 is 38.4. The number of primary sulfonamides is 1. The van der Waals surface area contributed by atoms with E-state index in [0.29, 0.717) is 16.7 Å². The standard InChI is InChI=1S/C19H14Cl2FNO3.C19H13Cl2N3O3.C19H16Cl2N2O3.C16H12Cl2N2O5S/c20-12-5-6-13(21)17-16(12)19(26,18(25)23-17)8-15(24)10-3-4-11(9-1-2-9)14(22)7-10;20-13-6-7-14(21)17-16(13)19(27,18(26)23-17)10-15(25)11-2-4-12(5-3-11)24-9-1-8-22-24;20-13-6-7-14(21)17-16(13)19(26,18(25)22-17)10-15(24)11-2-4-12(5-3-11)23-8-1-9-23;17-10-5-6-11(18)14-13(10)16(23,15(22)20-14)7-12(21)8-1-3-9(4-2-8)26(19,24)25/h3-7,9,26H,1-2,8H2,(H,23,25);1-9,27H,10H2,(H,23,26);2-7,26H,1,8-10H2,(H,22,25);1-6,23H,7H2,(H,20,22)(H2,19,24,25)/t3*19-;16-/m1111/s1. The van der Waals surface area contributed by atoms with Crippen LogP contribution >= 0.6 is 92.8 Å². The fourth-order valence-corrected chi connectivity index (χ4v) is 15.1. The predicted octanol–water partition coefficient (Wildman–Crippen LogP) is 13.7. The predicted molar refractivity (Wildman–Crippen MR) is 395 cm³/mol. The average molecular weight is 1600 g/mol. The monoisotopic (exact) mass is 1600 g/mol. The van der Waals surface area contributed by atoms with Gasteiger partial charge in [-0.3, -0.25) is 38.4 Å². The number of amides is 4. The second-order valence-electron chi connectivity index (χ2n) is 25.2. The van der Waals surface area contributed by atoms with E-state index in [1.165, 1.54) is 85.3 Å². The minimum atomic E-state index is -3.90. The van der Waals surface area contributed by atoms with E-state index in [4.69, 9.17) is 97.9 Å². The molecule has 8 aromatic carbocycles. The van der Waals surface area contributed by atoms with E-state index in [2.05, 4.69) is 31.3 Å². The Kier molecular flexibility index (Phi) is 21.4. The Labute approximate surface area is 637 Å². The molecule has 6 aliphatic rings. The van der Waals surface area contributed by atoms with Gasteiger partial charge in [-0.1, -0.05) is 117 Å². The Bertz CT molecular complexity index is 5250. The van der Waals surface area contributed by atoms with Crippen molar-refractivity contribution < 1.29 is 71.6 Å². The highest BCUT2D eigenvalue weighted by Gasteiger charge is 2.53. The number of carbonyl (C=O) groups excluding carboxylic acids is 8. The normalized spacial score (nSPS) is 20.0. The quantitative estimate of drug-likeness (QED) is 0.0406. The second-order valence-corrected chi connectivity index (χ2v) is 30.1. The van der Waals surface area contributed by atoms with Crippen molar-refractivity contribution >= 4 is 178 Å². The van der Waals surface area contributed by atoms with Crippen LogP contribution in [0.2, 0.25) is 40.2 Å². The van der Waals surface area contributed by atoms with E-state index in [1.54, 1.807) is 65.6 Å². The van der Waals surface area contributed by atoms with E-state index in [0.717, 1.165) is 43.4 Å². The molecule has 15 rings (SSSR count). The largest absolute Gasteiger partial charge is 0.375 e. The first-order valence-corrected chi connectivity index (χ1v) is 36.3. The number of sulfonamides is 1. The van der Waals surface area contributed by atoms with Gasteiger partial charge in [0.1, 0.15) is 5.82 Å². The molecular formula is C73H55Cl8FN8O14S. The molecule has 0 bridgehead atoms. The van der Waals surface area contributed by atoms with Crippen molar-refractivity contribution in [2.75, 3.05) is 39.3 Å². The Hall–Kier alpha value is -8.67. The van der Waals surface area contributed by atoms with Crippen molar-refractivity contribution in [3.63, 3.8) is 0 Å². The molecule has 2 fully saturated rings. The smallest absolute Gasteiger partial charge is 0.261 e. The third kappa shape index (κ3) is 14.9. The maximum Gasteiger partial charge on any atom is 0.261 e. The number of carbonyl (C=O) groups is 8. The molecule has 0 radical (unpaired) electrons. The van der Waals surface area contributed by atoms with Crippen LogP contribution in [-0.2, 0) is 51.6 Å². The molecule has 0 unspecified atom stereocenters. The average Bonchev–Trinajstić information content (AvgIpc) is 1.62. The molecule has 22 nitrogen and oxygen atoms in total. The summed E-state index contributed by atoms with van der Waals surface area (Å²) in [6, 6.07) is 36.6. The van der Waals surface area contributed by atoms with Gasteiger partial charge in [-0.05, 0) is 152 Å². The number of Topliss-reactive ketones (excluding diaryl/α,β-unsaturated/α-hetero) is 4. The number of benzene rings is 8. The summed E-state index contributed by atoms with van der Waals surface area (Å²) in [4.78, 5) is 102. The number of ketones is 4. The number of aromatic nitrogens is 2. The van der Waals surface area contributed by atoms with Gasteiger partial charge < -0.3 is 46.6 Å². The van der Waals surface area contributed by atoms with Crippen LogP contribution in [0.25, 0.3) is 5.69 Å². The minimum Gasteiger partial charge on any atom is -0.375 e. The lowest BCUT2D eigenvalue weighted by molar-refractivity contribution is -0.133. The summed E-state index contributed by atoms with van der Waals surface area (Å²) in [5.41, 5.74) is -3.79. The first-order chi connectivity index (χ1) is 49.6. The van der Waals surface area contributed by atoms with E-state index in [-0.39, 0.29) is 113 Å². The van der Waals surface area contributed by atoms with Gasteiger partial charge >= 0.3 is 0 Å². The van der Waals surface area contributed by atoms with E-state index in [1.807, 2.05) is 12.1 Å². The Morgan fingerprint density at radius 3 is 1.08 bits per heavy atom. The highest BCUT2D eigenvalue weighted by molar-refractivity contribution is 7.89. The molecule has 6 heterocycles. The molecule has 1 aliphatic carbocycles. The van der Waals surface area contributed by atoms with Crippen LogP contribution in [0, 0.1) is 5.82 Å². The fraction of sp³-hybridized carbons (Fsp3) is 0.192. The molecule has 1 saturated heterocycles. The zero-order valence-electron chi connectivity index (χ0n) is 54.1. The van der Waals surface area contributed by atoms with Crippen molar-refractivity contribution in [1.29, 1.82) is 0 Å². The van der Waals surface area contributed by atoms with Gasteiger partial charge in [-0.25, -0.2) is 22.6 Å². The molecule has 9 aromatic rings. The maximum absolute atomic E-state index is 14.2. The van der Waals surface area contributed by atoms with E-state index >= 15 is 0 Å². The third-order valence-electron chi connectivity index (χ3n) is 18.4. The molecule has 5 aliphatic heterocycles. The first kappa shape index (κ1) is 76.0.